The Morgan fingerprint density at radius 2 is 1.70 bits per heavy atom. The predicted octanol–water partition coefficient (Wildman–Crippen LogP) is 6.12. The Bertz CT molecular complexity index is 1180. The Hall–Kier alpha value is -3.04. The van der Waals surface area contributed by atoms with Crippen LogP contribution in [0.15, 0.2) is 65.7 Å². The lowest BCUT2D eigenvalue weighted by atomic mass is 10.1. The van der Waals surface area contributed by atoms with Crippen molar-refractivity contribution in [1.29, 1.82) is 0 Å². The van der Waals surface area contributed by atoms with Crippen molar-refractivity contribution in [3.63, 3.8) is 0 Å². The second-order valence-electron chi connectivity index (χ2n) is 5.98. The van der Waals surface area contributed by atoms with Gasteiger partial charge in [-0.3, -0.25) is 0 Å². The smallest absolute Gasteiger partial charge is 0.347 e. The largest absolute Gasteiger partial charge is 0.383 e. The highest BCUT2D eigenvalue weighted by Crippen LogP contribution is 2.20. The number of hydrogen-bond acceptors (Lipinski definition) is 1. The van der Waals surface area contributed by atoms with E-state index in [1.165, 1.54) is 18.2 Å². The average molecular weight is 461 g/mol. The van der Waals surface area contributed by atoms with E-state index in [-0.39, 0.29) is 16.4 Å². The van der Waals surface area contributed by atoms with Crippen molar-refractivity contribution in [2.24, 2.45) is 10.7 Å². The number of hydrogen-bond donors (Lipinski definition) is 2. The number of amidine groups is 1. The standard InChI is InChI=1S/C22H13Cl3FN3O/c23-15-8-11-17(24)14(12-15)7-4-13-5-9-16(10-6-13)28-22(30)29-21(27)20-18(25)2-1-3-19(20)26/h1-3,5-6,8-12H,(H3,27,28,29,30). The number of nitrogens with one attached hydrogen (secondary N) is 1. The van der Waals surface area contributed by atoms with Gasteiger partial charge in [-0.15, -0.1) is 0 Å². The van der Waals surface area contributed by atoms with Gasteiger partial charge in [0.25, 0.3) is 0 Å². The molecule has 0 bridgehead atoms. The maximum atomic E-state index is 13.9. The number of carbonyl (C=O) groups excluding carboxylic acids is 1. The number of halogens is 4. The van der Waals surface area contributed by atoms with Gasteiger partial charge >= 0.3 is 6.03 Å². The van der Waals surface area contributed by atoms with Crippen LogP contribution in [0.2, 0.25) is 15.1 Å². The fraction of sp³-hybridized carbons (Fsp3) is 0. The zero-order chi connectivity index (χ0) is 21.7. The molecule has 4 nitrogen and oxygen atoms in total. The Kier molecular flexibility index (Phi) is 6.96. The maximum Gasteiger partial charge on any atom is 0.347 e. The molecule has 0 saturated carbocycles. The first-order valence-corrected chi connectivity index (χ1v) is 9.63. The number of nitrogens with zero attached hydrogens (tertiary/aromatic N) is 1. The summed E-state index contributed by atoms with van der Waals surface area (Å²) in [6.45, 7) is 0. The van der Waals surface area contributed by atoms with Crippen LogP contribution in [-0.2, 0) is 0 Å². The molecule has 3 N–H and O–H groups in total. The molecule has 3 aromatic carbocycles. The number of anilines is 1. The third kappa shape index (κ3) is 5.52. The minimum absolute atomic E-state index is 0.0618. The highest BCUT2D eigenvalue weighted by Gasteiger charge is 2.12. The van der Waals surface area contributed by atoms with Crippen molar-refractivity contribution in [3.05, 3.63) is 98.2 Å². The van der Waals surface area contributed by atoms with E-state index < -0.39 is 11.8 Å². The summed E-state index contributed by atoms with van der Waals surface area (Å²) in [7, 11) is 0. The van der Waals surface area contributed by atoms with Gasteiger partial charge in [0.2, 0.25) is 0 Å². The first kappa shape index (κ1) is 21.7. The molecule has 0 aliphatic rings. The molecule has 0 aromatic heterocycles. The molecule has 0 aliphatic heterocycles. The van der Waals surface area contributed by atoms with E-state index in [0.717, 1.165) is 0 Å². The summed E-state index contributed by atoms with van der Waals surface area (Å²) in [5, 5.41) is 3.64. The molecule has 0 saturated heterocycles. The number of nitrogens with two attached hydrogens (primary N) is 1. The second-order valence-corrected chi connectivity index (χ2v) is 7.23. The number of urea groups is 1. The van der Waals surface area contributed by atoms with Gasteiger partial charge in [0.15, 0.2) is 0 Å². The molecule has 3 rings (SSSR count). The van der Waals surface area contributed by atoms with Crippen LogP contribution in [-0.4, -0.2) is 11.9 Å². The highest BCUT2D eigenvalue weighted by molar-refractivity contribution is 6.34. The van der Waals surface area contributed by atoms with Crippen molar-refractivity contribution < 1.29 is 9.18 Å². The molecule has 0 unspecified atom stereocenters. The monoisotopic (exact) mass is 459 g/mol. The summed E-state index contributed by atoms with van der Waals surface area (Å²) >= 11 is 17.9. The molecule has 3 aromatic rings. The highest BCUT2D eigenvalue weighted by atomic mass is 35.5. The third-order valence-corrected chi connectivity index (χ3v) is 4.73. The average Bonchev–Trinajstić information content (AvgIpc) is 2.69. The van der Waals surface area contributed by atoms with Crippen LogP contribution < -0.4 is 11.1 Å². The number of amides is 2. The summed E-state index contributed by atoms with van der Waals surface area (Å²) in [5.74, 6) is 4.92. The molecule has 0 spiro atoms. The van der Waals surface area contributed by atoms with Crippen LogP contribution in [0, 0.1) is 17.7 Å². The van der Waals surface area contributed by atoms with Crippen molar-refractivity contribution >= 4 is 52.4 Å². The molecule has 30 heavy (non-hydrogen) atoms. The second kappa shape index (κ2) is 9.64. The normalized spacial score (nSPS) is 10.9. The first-order valence-electron chi connectivity index (χ1n) is 8.50. The number of benzene rings is 3. The molecule has 0 aliphatic carbocycles. The van der Waals surface area contributed by atoms with E-state index in [1.807, 2.05) is 0 Å². The minimum Gasteiger partial charge on any atom is -0.383 e. The van der Waals surface area contributed by atoms with E-state index in [2.05, 4.69) is 22.2 Å². The van der Waals surface area contributed by atoms with Crippen LogP contribution in [0.25, 0.3) is 0 Å². The maximum absolute atomic E-state index is 13.9. The van der Waals surface area contributed by atoms with Crippen LogP contribution >= 0.6 is 34.8 Å². The summed E-state index contributed by atoms with van der Waals surface area (Å²) in [6.07, 6.45) is 0. The molecule has 2 amide bonds. The summed E-state index contributed by atoms with van der Waals surface area (Å²) < 4.78 is 13.9. The molecule has 0 atom stereocenters. The summed E-state index contributed by atoms with van der Waals surface area (Å²) in [5.41, 5.74) is 7.36. The Balaban J connectivity index is 1.71. The van der Waals surface area contributed by atoms with E-state index >= 15 is 0 Å². The molecule has 8 heteroatoms. The van der Waals surface area contributed by atoms with E-state index in [1.54, 1.807) is 42.5 Å². The number of carbonyl (C=O) groups is 1. The molecule has 150 valence electrons. The summed E-state index contributed by atoms with van der Waals surface area (Å²) in [4.78, 5) is 15.7. The van der Waals surface area contributed by atoms with Crippen molar-refractivity contribution in [1.82, 2.24) is 0 Å². The van der Waals surface area contributed by atoms with Crippen molar-refractivity contribution in [3.8, 4) is 11.8 Å². The van der Waals surface area contributed by atoms with E-state index in [0.29, 0.717) is 26.9 Å². The van der Waals surface area contributed by atoms with Gasteiger partial charge in [-0.05, 0) is 54.6 Å². The Morgan fingerprint density at radius 3 is 2.40 bits per heavy atom. The van der Waals surface area contributed by atoms with Gasteiger partial charge < -0.3 is 11.1 Å². The van der Waals surface area contributed by atoms with Gasteiger partial charge in [0, 0.05) is 21.8 Å². The van der Waals surface area contributed by atoms with Crippen LogP contribution in [0.4, 0.5) is 14.9 Å². The van der Waals surface area contributed by atoms with E-state index in [9.17, 15) is 9.18 Å². The van der Waals surface area contributed by atoms with Crippen molar-refractivity contribution in [2.75, 3.05) is 5.32 Å². The molecular formula is C22H13Cl3FN3O. The van der Waals surface area contributed by atoms with Gasteiger partial charge in [-0.1, -0.05) is 52.7 Å². The SMILES string of the molecule is N/C(=N\C(=O)Nc1ccc(C#Cc2cc(Cl)ccc2Cl)cc1)c1c(F)cccc1Cl. The van der Waals surface area contributed by atoms with Gasteiger partial charge in [0.1, 0.15) is 11.7 Å². The van der Waals surface area contributed by atoms with Gasteiger partial charge in [-0.2, -0.15) is 4.99 Å². The fourth-order valence-electron chi connectivity index (χ4n) is 2.43. The minimum atomic E-state index is -0.767. The predicted molar refractivity (Wildman–Crippen MR) is 120 cm³/mol. The molecule has 0 radical (unpaired) electrons. The van der Waals surface area contributed by atoms with Crippen molar-refractivity contribution in [2.45, 2.75) is 0 Å². The number of aliphatic imine (C=N–C) groups is 1. The third-order valence-electron chi connectivity index (χ3n) is 3.85. The lowest BCUT2D eigenvalue weighted by Gasteiger charge is -2.06. The van der Waals surface area contributed by atoms with Crippen LogP contribution in [0.1, 0.15) is 16.7 Å². The Morgan fingerprint density at radius 1 is 0.967 bits per heavy atom. The van der Waals surface area contributed by atoms with Crippen LogP contribution in [0.5, 0.6) is 0 Å². The Labute approximate surface area is 187 Å². The molecule has 0 heterocycles. The lowest BCUT2D eigenvalue weighted by molar-refractivity contribution is 0.259. The summed E-state index contributed by atoms with van der Waals surface area (Å²) in [6, 6.07) is 15.0. The van der Waals surface area contributed by atoms with E-state index in [4.69, 9.17) is 40.5 Å². The topological polar surface area (TPSA) is 67.5 Å². The quantitative estimate of drug-likeness (QED) is 0.275. The lowest BCUT2D eigenvalue weighted by Crippen LogP contribution is -2.20. The number of rotatable bonds is 2. The fourth-order valence-corrected chi connectivity index (χ4v) is 3.03. The van der Waals surface area contributed by atoms with Crippen LogP contribution in [0.3, 0.4) is 0 Å². The van der Waals surface area contributed by atoms with Gasteiger partial charge in [-0.25, -0.2) is 9.18 Å². The zero-order valence-corrected chi connectivity index (χ0v) is 17.5. The molecule has 0 fully saturated rings. The first-order chi connectivity index (χ1) is 14.3. The molecular weight excluding hydrogens is 448 g/mol. The van der Waals surface area contributed by atoms with Gasteiger partial charge in [0.05, 0.1) is 15.6 Å². The zero-order valence-electron chi connectivity index (χ0n) is 15.2.